The molecule has 0 bridgehead atoms. The van der Waals surface area contributed by atoms with E-state index in [1.165, 1.54) is 4.90 Å². The second-order valence-electron chi connectivity index (χ2n) is 18.8. The third-order valence-electron chi connectivity index (χ3n) is 14.7. The van der Waals surface area contributed by atoms with Gasteiger partial charge in [0.05, 0.1) is 29.3 Å². The van der Waals surface area contributed by atoms with Crippen LogP contribution in [-0.4, -0.2) is 129 Å². The predicted octanol–water partition coefficient (Wildman–Crippen LogP) is 6.12. The zero-order valence-electron chi connectivity index (χ0n) is 37.7. The van der Waals surface area contributed by atoms with Gasteiger partial charge in [-0.2, -0.15) is 9.49 Å². The first kappa shape index (κ1) is 45.2. The summed E-state index contributed by atoms with van der Waals surface area (Å²) in [7, 11) is 0. The molecular weight excluding hydrogens is 882 g/mol. The number of anilines is 2. The lowest BCUT2D eigenvalue weighted by Gasteiger charge is -2.40. The van der Waals surface area contributed by atoms with Gasteiger partial charge in [0, 0.05) is 106 Å². The number of nitrogens with zero attached hydrogens (tertiary/aromatic N) is 8. The quantitative estimate of drug-likeness (QED) is 0.145. The second-order valence-corrected chi connectivity index (χ2v) is 18.8. The van der Waals surface area contributed by atoms with Crippen LogP contribution in [0.4, 0.5) is 29.6 Å². The lowest BCUT2D eigenvalue weighted by Crippen LogP contribution is -2.53. The molecule has 5 aliphatic rings. The van der Waals surface area contributed by atoms with Gasteiger partial charge in [0.25, 0.3) is 11.8 Å². The number of amides is 5. The number of urea groups is 1. The molecule has 3 N–H and O–H groups in total. The van der Waals surface area contributed by atoms with E-state index in [-0.39, 0.29) is 54.9 Å². The van der Waals surface area contributed by atoms with Gasteiger partial charge < -0.3 is 25.0 Å². The van der Waals surface area contributed by atoms with Gasteiger partial charge in [0.15, 0.2) is 17.4 Å². The van der Waals surface area contributed by atoms with Crippen molar-refractivity contribution in [3.63, 3.8) is 0 Å². The molecule has 5 amide bonds. The molecule has 5 aromatic rings. The van der Waals surface area contributed by atoms with E-state index in [1.807, 2.05) is 59.4 Å². The Bertz CT molecular complexity index is 2770. The number of hydrogen-bond acceptors (Lipinski definition) is 11. The fourth-order valence-electron chi connectivity index (χ4n) is 10.5. The number of carbonyl (C=O) groups is 4. The van der Waals surface area contributed by atoms with Crippen LogP contribution in [0.15, 0.2) is 61.1 Å². The summed E-state index contributed by atoms with van der Waals surface area (Å²) < 4.78 is 50.3. The number of piperidine rings is 1. The van der Waals surface area contributed by atoms with Gasteiger partial charge in [-0.3, -0.25) is 34.2 Å². The van der Waals surface area contributed by atoms with Crippen LogP contribution in [-0.2, 0) is 9.53 Å². The fourth-order valence-corrected chi connectivity index (χ4v) is 10.5. The molecule has 5 fully saturated rings. The summed E-state index contributed by atoms with van der Waals surface area (Å²) in [6.07, 6.45) is 11.8. The highest BCUT2D eigenvalue weighted by Crippen LogP contribution is 2.39. The van der Waals surface area contributed by atoms with Crippen LogP contribution in [0.1, 0.15) is 83.7 Å². The zero-order chi connectivity index (χ0) is 47.3. The van der Waals surface area contributed by atoms with E-state index in [9.17, 15) is 37.5 Å². The third kappa shape index (κ3) is 8.96. The highest BCUT2D eigenvalue weighted by atomic mass is 19.2. The van der Waals surface area contributed by atoms with E-state index < -0.39 is 40.7 Å². The van der Waals surface area contributed by atoms with E-state index in [2.05, 4.69) is 20.4 Å². The Kier molecular flexibility index (Phi) is 12.3. The minimum Gasteiger partial charge on any atom is -0.503 e. The van der Waals surface area contributed by atoms with Gasteiger partial charge in [-0.05, 0) is 93.2 Å². The SMILES string of the molecule is Cc1ccc(C(=O)N2CCN(C3COC4(CCN(c5ncc(-c6ccc7cn([C@H]8CC[C@H](CNC(=O)c9cc(F)c(O)c(F)c9F)CC8)nc7c6)cn5)CC4)C3)CC2)cc1N1CCC(=O)NC1=O. The molecule has 4 saturated heterocycles. The molecule has 2 aromatic heterocycles. The maximum atomic E-state index is 14.2. The smallest absolute Gasteiger partial charge is 0.328 e. The molecule has 0 radical (unpaired) electrons. The number of aromatic hydroxyl groups is 1. The number of fused-ring (bicyclic) bond motifs is 1. The van der Waals surface area contributed by atoms with Crippen molar-refractivity contribution in [2.45, 2.75) is 76.0 Å². The first-order valence-corrected chi connectivity index (χ1v) is 23.4. The van der Waals surface area contributed by atoms with Gasteiger partial charge >= 0.3 is 6.03 Å². The number of aromatic nitrogens is 4. The minimum atomic E-state index is -1.79. The van der Waals surface area contributed by atoms with Crippen molar-refractivity contribution in [1.29, 1.82) is 0 Å². The first-order valence-electron chi connectivity index (χ1n) is 23.4. The molecule has 3 aromatic carbocycles. The van der Waals surface area contributed by atoms with Gasteiger partial charge in [-0.1, -0.05) is 18.2 Å². The number of hydrogen-bond donors (Lipinski definition) is 3. The fraction of sp³-hybridized carbons (Fsp3) is 0.449. The van der Waals surface area contributed by atoms with E-state index in [1.54, 1.807) is 12.1 Å². The molecule has 1 aliphatic carbocycles. The number of halogens is 3. The summed E-state index contributed by atoms with van der Waals surface area (Å²) in [4.78, 5) is 68.0. The van der Waals surface area contributed by atoms with Crippen LogP contribution in [0.5, 0.6) is 5.75 Å². The largest absolute Gasteiger partial charge is 0.503 e. The normalized spacial score (nSPS) is 22.2. The van der Waals surface area contributed by atoms with Crippen molar-refractivity contribution in [3.8, 4) is 16.9 Å². The Hall–Kier alpha value is -6.60. The van der Waals surface area contributed by atoms with Crippen LogP contribution in [0, 0.1) is 30.3 Å². The zero-order valence-corrected chi connectivity index (χ0v) is 37.7. The van der Waals surface area contributed by atoms with Crippen LogP contribution >= 0.6 is 0 Å². The molecule has 4 aliphatic heterocycles. The summed E-state index contributed by atoms with van der Waals surface area (Å²) >= 11 is 0. The molecule has 16 nitrogen and oxygen atoms in total. The average Bonchev–Trinajstić information content (AvgIpc) is 3.99. The van der Waals surface area contributed by atoms with Crippen molar-refractivity contribution in [3.05, 3.63) is 95.2 Å². The molecule has 356 valence electrons. The van der Waals surface area contributed by atoms with Crippen LogP contribution < -0.4 is 20.4 Å². The van der Waals surface area contributed by atoms with Gasteiger partial charge in [-0.25, -0.2) is 23.5 Å². The molecule has 68 heavy (non-hydrogen) atoms. The molecule has 1 saturated carbocycles. The lowest BCUT2D eigenvalue weighted by molar-refractivity contribution is -0.120. The maximum Gasteiger partial charge on any atom is 0.328 e. The van der Waals surface area contributed by atoms with Crippen LogP contribution in [0.25, 0.3) is 22.0 Å². The summed E-state index contributed by atoms with van der Waals surface area (Å²) in [6, 6.07) is 12.0. The Morgan fingerprint density at radius 3 is 2.37 bits per heavy atom. The van der Waals surface area contributed by atoms with Crippen molar-refractivity contribution in [2.75, 3.05) is 68.8 Å². The average molecular weight is 935 g/mol. The molecular formula is C49H53F3N10O6. The van der Waals surface area contributed by atoms with Crippen molar-refractivity contribution in [1.82, 2.24) is 40.2 Å². The summed E-state index contributed by atoms with van der Waals surface area (Å²) in [5, 5.41) is 20.1. The number of piperazine rings is 1. The Morgan fingerprint density at radius 1 is 0.882 bits per heavy atom. The first-order chi connectivity index (χ1) is 32.8. The van der Waals surface area contributed by atoms with Gasteiger partial charge in [0.2, 0.25) is 17.7 Å². The number of rotatable bonds is 9. The molecule has 6 heterocycles. The van der Waals surface area contributed by atoms with E-state index in [0.29, 0.717) is 43.0 Å². The molecule has 19 heteroatoms. The highest BCUT2D eigenvalue weighted by Gasteiger charge is 2.45. The number of nitrogens with one attached hydrogen (secondary N) is 2. The van der Waals surface area contributed by atoms with Crippen molar-refractivity contribution in [2.24, 2.45) is 5.92 Å². The monoisotopic (exact) mass is 934 g/mol. The molecule has 10 rings (SSSR count). The number of aryl methyl sites for hydroxylation is 1. The minimum absolute atomic E-state index is 0.0658. The lowest BCUT2D eigenvalue weighted by atomic mass is 9.86. The van der Waals surface area contributed by atoms with E-state index in [0.717, 1.165) is 98.7 Å². The van der Waals surface area contributed by atoms with E-state index >= 15 is 0 Å². The highest BCUT2D eigenvalue weighted by molar-refractivity contribution is 6.06. The summed E-state index contributed by atoms with van der Waals surface area (Å²) in [5.74, 6) is -6.73. The summed E-state index contributed by atoms with van der Waals surface area (Å²) in [5.41, 5.74) is 3.74. The van der Waals surface area contributed by atoms with Crippen molar-refractivity contribution >= 4 is 46.3 Å². The van der Waals surface area contributed by atoms with Crippen molar-refractivity contribution < 1.29 is 42.2 Å². The van der Waals surface area contributed by atoms with Gasteiger partial charge in [0.1, 0.15) is 0 Å². The van der Waals surface area contributed by atoms with Gasteiger partial charge in [-0.15, -0.1) is 0 Å². The third-order valence-corrected chi connectivity index (χ3v) is 14.7. The molecule has 1 spiro atoms. The number of ether oxygens (including phenoxy) is 1. The van der Waals surface area contributed by atoms with E-state index in [4.69, 9.17) is 19.8 Å². The summed E-state index contributed by atoms with van der Waals surface area (Å²) in [6.45, 7) is 7.34. The Morgan fingerprint density at radius 2 is 1.63 bits per heavy atom. The number of benzene rings is 3. The second kappa shape index (κ2) is 18.5. The van der Waals surface area contributed by atoms with Crippen LogP contribution in [0.2, 0.25) is 0 Å². The topological polar surface area (TPSA) is 178 Å². The standard InChI is InChI=1S/C49H53F3N10O6/c1-29-2-5-32(21-40(29)61-13-10-41(63)56-48(61)67)46(66)59-18-16-58(17-19-59)36-23-49(68-28-36)11-14-60(15-12-49)47-54-25-34(26-55-47)31-6-7-33-27-62(57-39(33)20-31)35-8-3-30(4-9-35)24-53-45(65)37-22-38(50)44(64)43(52)42(37)51/h2,5-7,20-22,25-27,30,35-36,64H,3-4,8-19,23-24,28H2,1H3,(H,53,65)(H,56,63,67)/t30-,35-,36?. The Balaban J connectivity index is 0.679. The number of imide groups is 1. The number of phenolic OH excluding ortho intramolecular Hbond substituents is 1. The Labute approximate surface area is 390 Å². The number of carbonyl (C=O) groups excluding carboxylic acids is 4. The maximum absolute atomic E-state index is 14.2. The predicted molar refractivity (Wildman–Crippen MR) is 245 cm³/mol. The molecule has 1 atom stereocenters. The van der Waals surface area contributed by atoms with Crippen LogP contribution in [0.3, 0.4) is 0 Å². The molecule has 1 unspecified atom stereocenters. The number of phenols is 1.